The van der Waals surface area contributed by atoms with Gasteiger partial charge in [0.2, 0.25) is 0 Å². The topological polar surface area (TPSA) is 82.7 Å². The molecule has 0 saturated carbocycles. The minimum absolute atomic E-state index is 0. The standard InChI is InChI=1S/C17H26N4O2S.HI/c1-5-18-16(19-9-8-15-21-12(2)13(3)24-15)20-11-17(4,22)14-7-6-10-23-14;/h6-7,10,22H,5,8-9,11H2,1-4H3,(H2,18,19,20);1H. The van der Waals surface area contributed by atoms with E-state index in [0.29, 0.717) is 11.7 Å². The number of furan rings is 1. The first kappa shape index (κ1) is 21.9. The molecule has 2 aromatic rings. The van der Waals surface area contributed by atoms with E-state index in [1.54, 1.807) is 36.7 Å². The predicted molar refractivity (Wildman–Crippen MR) is 113 cm³/mol. The Hall–Kier alpha value is -1.13. The molecule has 0 radical (unpaired) electrons. The second-order valence-electron chi connectivity index (χ2n) is 5.87. The summed E-state index contributed by atoms with van der Waals surface area (Å²) >= 11 is 1.73. The van der Waals surface area contributed by atoms with Crippen LogP contribution in [0.2, 0.25) is 0 Å². The molecule has 0 amide bonds. The van der Waals surface area contributed by atoms with Crippen molar-refractivity contribution in [2.24, 2.45) is 4.99 Å². The number of halogens is 1. The van der Waals surface area contributed by atoms with Crippen LogP contribution in [0.3, 0.4) is 0 Å². The fourth-order valence-corrected chi connectivity index (χ4v) is 3.11. The normalized spacial score (nSPS) is 13.9. The molecule has 1 unspecified atom stereocenters. The highest BCUT2D eigenvalue weighted by molar-refractivity contribution is 14.0. The van der Waals surface area contributed by atoms with E-state index in [1.165, 1.54) is 4.88 Å². The smallest absolute Gasteiger partial charge is 0.191 e. The van der Waals surface area contributed by atoms with Gasteiger partial charge >= 0.3 is 0 Å². The van der Waals surface area contributed by atoms with Crippen LogP contribution < -0.4 is 10.6 Å². The highest BCUT2D eigenvalue weighted by Gasteiger charge is 2.26. The molecule has 0 aliphatic carbocycles. The number of nitrogens with zero attached hydrogens (tertiary/aromatic N) is 2. The molecule has 0 aliphatic heterocycles. The lowest BCUT2D eigenvalue weighted by molar-refractivity contribution is 0.0437. The summed E-state index contributed by atoms with van der Waals surface area (Å²) < 4.78 is 5.28. The quantitative estimate of drug-likeness (QED) is 0.324. The third kappa shape index (κ3) is 6.59. The lowest BCUT2D eigenvalue weighted by Crippen LogP contribution is -2.39. The van der Waals surface area contributed by atoms with Gasteiger partial charge in [0, 0.05) is 24.4 Å². The number of rotatable bonds is 7. The number of hydrogen-bond donors (Lipinski definition) is 3. The minimum atomic E-state index is -1.13. The molecule has 25 heavy (non-hydrogen) atoms. The van der Waals surface area contributed by atoms with Crippen molar-refractivity contribution in [3.05, 3.63) is 39.7 Å². The largest absolute Gasteiger partial charge is 0.466 e. The average Bonchev–Trinajstić information content (AvgIpc) is 3.16. The van der Waals surface area contributed by atoms with Crippen LogP contribution in [-0.2, 0) is 12.0 Å². The Balaban J connectivity index is 0.00000312. The number of hydrogen-bond acceptors (Lipinski definition) is 5. The number of thiazole rings is 1. The molecule has 0 saturated heterocycles. The summed E-state index contributed by atoms with van der Waals surface area (Å²) in [5.74, 6) is 1.19. The summed E-state index contributed by atoms with van der Waals surface area (Å²) in [6, 6.07) is 3.51. The zero-order valence-corrected chi connectivity index (χ0v) is 18.3. The molecule has 140 valence electrons. The maximum Gasteiger partial charge on any atom is 0.191 e. The van der Waals surface area contributed by atoms with Crippen molar-refractivity contribution in [3.63, 3.8) is 0 Å². The van der Waals surface area contributed by atoms with Gasteiger partial charge in [-0.25, -0.2) is 9.98 Å². The number of aliphatic imine (C=N–C) groups is 1. The summed E-state index contributed by atoms with van der Waals surface area (Å²) in [4.78, 5) is 10.3. The van der Waals surface area contributed by atoms with Gasteiger partial charge in [-0.3, -0.25) is 0 Å². The van der Waals surface area contributed by atoms with Crippen molar-refractivity contribution in [1.29, 1.82) is 0 Å². The van der Waals surface area contributed by atoms with Crippen molar-refractivity contribution in [2.75, 3.05) is 19.6 Å². The van der Waals surface area contributed by atoms with E-state index >= 15 is 0 Å². The van der Waals surface area contributed by atoms with Gasteiger partial charge in [0.1, 0.15) is 11.4 Å². The van der Waals surface area contributed by atoms with Crippen LogP contribution in [0.5, 0.6) is 0 Å². The first-order valence-electron chi connectivity index (χ1n) is 8.14. The number of aliphatic hydroxyl groups is 1. The number of guanidine groups is 1. The second kappa shape index (κ2) is 10.1. The van der Waals surface area contributed by atoms with Crippen LogP contribution in [0.25, 0.3) is 0 Å². The fraction of sp³-hybridized carbons (Fsp3) is 0.529. The lowest BCUT2D eigenvalue weighted by atomic mass is 10.0. The minimum Gasteiger partial charge on any atom is -0.466 e. The SMILES string of the molecule is CCNC(=NCC(C)(O)c1ccco1)NCCc1nc(C)c(C)s1.I. The van der Waals surface area contributed by atoms with Crippen molar-refractivity contribution in [3.8, 4) is 0 Å². The van der Waals surface area contributed by atoms with Crippen LogP contribution in [-0.4, -0.2) is 35.7 Å². The summed E-state index contributed by atoms with van der Waals surface area (Å²) in [5.41, 5.74) is -0.0277. The Bertz CT molecular complexity index is 649. The van der Waals surface area contributed by atoms with E-state index in [-0.39, 0.29) is 30.5 Å². The van der Waals surface area contributed by atoms with E-state index < -0.39 is 5.60 Å². The van der Waals surface area contributed by atoms with E-state index in [4.69, 9.17) is 4.42 Å². The number of aryl methyl sites for hydroxylation is 2. The summed E-state index contributed by atoms with van der Waals surface area (Å²) in [6.07, 6.45) is 2.40. The lowest BCUT2D eigenvalue weighted by Gasteiger charge is -2.19. The third-order valence-electron chi connectivity index (χ3n) is 3.65. The summed E-state index contributed by atoms with van der Waals surface area (Å²) in [6.45, 7) is 9.53. The zero-order valence-electron chi connectivity index (χ0n) is 15.1. The van der Waals surface area contributed by atoms with Gasteiger partial charge in [0.25, 0.3) is 0 Å². The van der Waals surface area contributed by atoms with E-state index in [0.717, 1.165) is 30.2 Å². The molecule has 2 rings (SSSR count). The molecule has 1 atom stereocenters. The van der Waals surface area contributed by atoms with Crippen LogP contribution >= 0.6 is 35.3 Å². The van der Waals surface area contributed by atoms with Gasteiger partial charge in [-0.05, 0) is 39.8 Å². The predicted octanol–water partition coefficient (Wildman–Crippen LogP) is 2.98. The van der Waals surface area contributed by atoms with E-state index in [2.05, 4.69) is 27.5 Å². The molecule has 6 nitrogen and oxygen atoms in total. The highest BCUT2D eigenvalue weighted by Crippen LogP contribution is 2.21. The van der Waals surface area contributed by atoms with Crippen molar-refractivity contribution < 1.29 is 9.52 Å². The van der Waals surface area contributed by atoms with Crippen LogP contribution in [0.1, 0.15) is 35.2 Å². The van der Waals surface area contributed by atoms with Gasteiger partial charge < -0.3 is 20.2 Å². The maximum atomic E-state index is 10.5. The molecule has 3 N–H and O–H groups in total. The molecule has 8 heteroatoms. The Kier molecular flexibility index (Phi) is 8.87. The van der Waals surface area contributed by atoms with Crippen molar-refractivity contribution in [1.82, 2.24) is 15.6 Å². The molecule has 0 spiro atoms. The van der Waals surface area contributed by atoms with E-state index in [1.807, 2.05) is 13.8 Å². The van der Waals surface area contributed by atoms with Gasteiger partial charge in [0.15, 0.2) is 5.96 Å². The monoisotopic (exact) mass is 478 g/mol. The van der Waals surface area contributed by atoms with Crippen molar-refractivity contribution in [2.45, 2.75) is 39.7 Å². The molecular weight excluding hydrogens is 451 g/mol. The Morgan fingerprint density at radius 1 is 1.40 bits per heavy atom. The van der Waals surface area contributed by atoms with Crippen LogP contribution in [0, 0.1) is 13.8 Å². The summed E-state index contributed by atoms with van der Waals surface area (Å²) in [7, 11) is 0. The average molecular weight is 478 g/mol. The van der Waals surface area contributed by atoms with Crippen LogP contribution in [0.4, 0.5) is 0 Å². The van der Waals surface area contributed by atoms with Gasteiger partial charge in [-0.2, -0.15) is 0 Å². The number of aromatic nitrogens is 1. The van der Waals surface area contributed by atoms with Crippen LogP contribution in [0.15, 0.2) is 27.8 Å². The van der Waals surface area contributed by atoms with Gasteiger partial charge in [-0.15, -0.1) is 35.3 Å². The Morgan fingerprint density at radius 3 is 2.72 bits per heavy atom. The van der Waals surface area contributed by atoms with Crippen molar-refractivity contribution >= 4 is 41.3 Å². The first-order chi connectivity index (χ1) is 11.4. The van der Waals surface area contributed by atoms with Gasteiger partial charge in [-0.1, -0.05) is 0 Å². The first-order valence-corrected chi connectivity index (χ1v) is 8.95. The molecule has 2 heterocycles. The Labute approximate surface area is 170 Å². The molecule has 0 bridgehead atoms. The third-order valence-corrected chi connectivity index (χ3v) is 4.78. The van der Waals surface area contributed by atoms with Gasteiger partial charge in [0.05, 0.1) is 23.5 Å². The molecule has 0 aromatic carbocycles. The van der Waals surface area contributed by atoms with E-state index in [9.17, 15) is 5.11 Å². The highest BCUT2D eigenvalue weighted by atomic mass is 127. The second-order valence-corrected chi connectivity index (χ2v) is 7.16. The molecule has 2 aromatic heterocycles. The Morgan fingerprint density at radius 2 is 2.16 bits per heavy atom. The number of nitrogens with one attached hydrogen (secondary N) is 2. The maximum absolute atomic E-state index is 10.5. The molecular formula is C17H27IN4O2S. The fourth-order valence-electron chi connectivity index (χ4n) is 2.17. The molecule has 0 aliphatic rings. The zero-order chi connectivity index (χ0) is 17.6. The summed E-state index contributed by atoms with van der Waals surface area (Å²) in [5, 5.41) is 18.0. The molecule has 0 fully saturated rings.